The fraction of sp³-hybridized carbons (Fsp3) is 0.700. The number of hydrogen-bond acceptors (Lipinski definition) is 3. The maximum Gasteiger partial charge on any atom is 0.194 e. The summed E-state index contributed by atoms with van der Waals surface area (Å²) in [6.45, 7) is 16.7. The molecule has 0 spiro atoms. The van der Waals surface area contributed by atoms with E-state index < -0.39 is 5.79 Å². The molecule has 1 saturated heterocycles. The van der Waals surface area contributed by atoms with Gasteiger partial charge in [0, 0.05) is 23.1 Å². The van der Waals surface area contributed by atoms with E-state index in [1.807, 2.05) is 0 Å². The molecule has 3 nitrogen and oxygen atoms in total. The molecule has 23 heavy (non-hydrogen) atoms. The SMILES string of the molecule is CCC1(c2cc(C(C)(C)C)c(OC)c(C(C)(C)C)c2)OCCO1. The van der Waals surface area contributed by atoms with Gasteiger partial charge in [-0.1, -0.05) is 48.5 Å². The standard InChI is InChI=1S/C20H32O3/c1-9-20(22-10-11-23-20)14-12-15(18(2,3)4)17(21-8)16(13-14)19(5,6)7/h12-13H,9-11H2,1-8H3. The molecule has 0 aliphatic carbocycles. The Balaban J connectivity index is 2.75. The van der Waals surface area contributed by atoms with Crippen LogP contribution in [0.3, 0.4) is 0 Å². The van der Waals surface area contributed by atoms with Crippen molar-refractivity contribution in [2.45, 2.75) is 71.5 Å². The van der Waals surface area contributed by atoms with E-state index in [2.05, 4.69) is 60.6 Å². The van der Waals surface area contributed by atoms with Crippen LogP contribution in [0.1, 0.15) is 71.6 Å². The van der Waals surface area contributed by atoms with Crippen molar-refractivity contribution < 1.29 is 14.2 Å². The van der Waals surface area contributed by atoms with Crippen LogP contribution < -0.4 is 4.74 Å². The minimum absolute atomic E-state index is 0.0190. The molecule has 0 amide bonds. The topological polar surface area (TPSA) is 27.7 Å². The van der Waals surface area contributed by atoms with Crippen LogP contribution >= 0.6 is 0 Å². The molecule has 2 rings (SSSR count). The zero-order valence-corrected chi connectivity index (χ0v) is 16.0. The Morgan fingerprint density at radius 2 is 1.39 bits per heavy atom. The van der Waals surface area contributed by atoms with Gasteiger partial charge < -0.3 is 14.2 Å². The smallest absolute Gasteiger partial charge is 0.194 e. The highest BCUT2D eigenvalue weighted by Gasteiger charge is 2.39. The van der Waals surface area contributed by atoms with E-state index in [4.69, 9.17) is 14.2 Å². The lowest BCUT2D eigenvalue weighted by molar-refractivity contribution is -0.167. The van der Waals surface area contributed by atoms with Crippen molar-refractivity contribution in [3.05, 3.63) is 28.8 Å². The predicted molar refractivity (Wildman–Crippen MR) is 94.3 cm³/mol. The Bertz CT molecular complexity index is 520. The second-order valence-electron chi connectivity index (χ2n) is 8.41. The van der Waals surface area contributed by atoms with E-state index in [-0.39, 0.29) is 10.8 Å². The molecular formula is C20H32O3. The highest BCUT2D eigenvalue weighted by Crippen LogP contribution is 2.44. The second kappa shape index (κ2) is 6.10. The lowest BCUT2D eigenvalue weighted by Crippen LogP contribution is -2.29. The first-order chi connectivity index (χ1) is 10.5. The summed E-state index contributed by atoms with van der Waals surface area (Å²) in [6.07, 6.45) is 0.798. The van der Waals surface area contributed by atoms with Crippen LogP contribution in [-0.4, -0.2) is 20.3 Å². The van der Waals surface area contributed by atoms with E-state index in [0.29, 0.717) is 13.2 Å². The summed E-state index contributed by atoms with van der Waals surface area (Å²) in [7, 11) is 1.76. The quantitative estimate of drug-likeness (QED) is 0.793. The van der Waals surface area contributed by atoms with Crippen LogP contribution in [0.25, 0.3) is 0 Å². The summed E-state index contributed by atoms with van der Waals surface area (Å²) in [4.78, 5) is 0. The Hall–Kier alpha value is -1.06. The lowest BCUT2D eigenvalue weighted by Gasteiger charge is -2.34. The molecule has 1 aromatic rings. The van der Waals surface area contributed by atoms with E-state index >= 15 is 0 Å². The summed E-state index contributed by atoms with van der Waals surface area (Å²) in [5, 5.41) is 0. The molecule has 1 heterocycles. The monoisotopic (exact) mass is 320 g/mol. The van der Waals surface area contributed by atoms with Crippen molar-refractivity contribution in [1.82, 2.24) is 0 Å². The number of rotatable bonds is 3. The number of hydrogen-bond donors (Lipinski definition) is 0. The van der Waals surface area contributed by atoms with Gasteiger partial charge in [-0.05, 0) is 23.0 Å². The molecule has 1 fully saturated rings. The first-order valence-corrected chi connectivity index (χ1v) is 8.56. The molecule has 0 radical (unpaired) electrons. The van der Waals surface area contributed by atoms with Gasteiger partial charge in [0.25, 0.3) is 0 Å². The second-order valence-corrected chi connectivity index (χ2v) is 8.41. The minimum Gasteiger partial charge on any atom is -0.496 e. The van der Waals surface area contributed by atoms with Gasteiger partial charge in [0.15, 0.2) is 5.79 Å². The van der Waals surface area contributed by atoms with E-state index in [1.54, 1.807) is 7.11 Å². The Kier molecular flexibility index (Phi) is 4.85. The molecule has 0 unspecified atom stereocenters. The maximum absolute atomic E-state index is 6.02. The van der Waals surface area contributed by atoms with Gasteiger partial charge in [0.1, 0.15) is 5.75 Å². The van der Waals surface area contributed by atoms with E-state index in [0.717, 1.165) is 17.7 Å². The van der Waals surface area contributed by atoms with E-state index in [9.17, 15) is 0 Å². The van der Waals surface area contributed by atoms with Crippen molar-refractivity contribution in [3.8, 4) is 5.75 Å². The largest absolute Gasteiger partial charge is 0.496 e. The fourth-order valence-corrected chi connectivity index (χ4v) is 3.21. The maximum atomic E-state index is 6.02. The van der Waals surface area contributed by atoms with Crippen molar-refractivity contribution >= 4 is 0 Å². The fourth-order valence-electron chi connectivity index (χ4n) is 3.21. The van der Waals surface area contributed by atoms with Gasteiger partial charge in [-0.25, -0.2) is 0 Å². The third-order valence-electron chi connectivity index (χ3n) is 4.57. The highest BCUT2D eigenvalue weighted by atomic mass is 16.7. The zero-order valence-electron chi connectivity index (χ0n) is 16.0. The third-order valence-corrected chi connectivity index (χ3v) is 4.57. The van der Waals surface area contributed by atoms with Crippen molar-refractivity contribution in [1.29, 1.82) is 0 Å². The third kappa shape index (κ3) is 3.41. The van der Waals surface area contributed by atoms with E-state index in [1.165, 1.54) is 11.1 Å². The molecular weight excluding hydrogens is 288 g/mol. The summed E-state index contributed by atoms with van der Waals surface area (Å²) in [5.41, 5.74) is 3.47. The molecule has 0 aromatic heterocycles. The lowest BCUT2D eigenvalue weighted by atomic mass is 9.77. The van der Waals surface area contributed by atoms with Crippen LogP contribution in [0.15, 0.2) is 12.1 Å². The van der Waals surface area contributed by atoms with Gasteiger partial charge >= 0.3 is 0 Å². The minimum atomic E-state index is -0.619. The first-order valence-electron chi connectivity index (χ1n) is 8.56. The average Bonchev–Trinajstić information content (AvgIpc) is 2.94. The van der Waals surface area contributed by atoms with Crippen molar-refractivity contribution in [3.63, 3.8) is 0 Å². The molecule has 130 valence electrons. The summed E-state index contributed by atoms with van der Waals surface area (Å²) >= 11 is 0. The molecule has 3 heteroatoms. The van der Waals surface area contributed by atoms with Crippen molar-refractivity contribution in [2.24, 2.45) is 0 Å². The molecule has 1 aliphatic heterocycles. The first kappa shape index (κ1) is 18.3. The van der Waals surface area contributed by atoms with Crippen LogP contribution in [0.2, 0.25) is 0 Å². The molecule has 1 aromatic carbocycles. The zero-order chi connectivity index (χ0) is 17.5. The van der Waals surface area contributed by atoms with Crippen molar-refractivity contribution in [2.75, 3.05) is 20.3 Å². The molecule has 0 bridgehead atoms. The molecule has 0 atom stereocenters. The summed E-state index contributed by atoms with van der Waals surface area (Å²) in [6, 6.07) is 4.42. The molecule has 1 aliphatic rings. The molecule has 0 N–H and O–H groups in total. The Morgan fingerprint density at radius 1 is 0.957 bits per heavy atom. The van der Waals surface area contributed by atoms with Gasteiger partial charge in [-0.2, -0.15) is 0 Å². The number of ether oxygens (including phenoxy) is 3. The van der Waals surface area contributed by atoms with Crippen LogP contribution in [0.5, 0.6) is 5.75 Å². The van der Waals surface area contributed by atoms with Gasteiger partial charge in [-0.3, -0.25) is 0 Å². The van der Waals surface area contributed by atoms with Gasteiger partial charge in [0.05, 0.1) is 20.3 Å². The Labute approximate surface area is 141 Å². The number of methoxy groups -OCH3 is 1. The van der Waals surface area contributed by atoms with Crippen LogP contribution in [0.4, 0.5) is 0 Å². The van der Waals surface area contributed by atoms with Crippen LogP contribution in [0, 0.1) is 0 Å². The Morgan fingerprint density at radius 3 is 1.70 bits per heavy atom. The summed E-state index contributed by atoms with van der Waals surface area (Å²) < 4.78 is 17.9. The average molecular weight is 320 g/mol. The van der Waals surface area contributed by atoms with Gasteiger partial charge in [0.2, 0.25) is 0 Å². The molecule has 0 saturated carbocycles. The van der Waals surface area contributed by atoms with Gasteiger partial charge in [-0.15, -0.1) is 0 Å². The summed E-state index contributed by atoms with van der Waals surface area (Å²) in [5.74, 6) is 0.365. The normalized spacial score (nSPS) is 18.3. The predicted octanol–water partition coefficient (Wildman–Crippen LogP) is 4.90. The highest BCUT2D eigenvalue weighted by molar-refractivity contribution is 5.51. The number of benzene rings is 1. The van der Waals surface area contributed by atoms with Crippen LogP contribution in [-0.2, 0) is 26.1 Å².